The molecule has 0 bridgehead atoms. The zero-order valence-electron chi connectivity index (χ0n) is 8.83. The fourth-order valence-corrected chi connectivity index (χ4v) is 2.07. The zero-order valence-corrected chi connectivity index (χ0v) is 8.83. The second-order valence-electron chi connectivity index (χ2n) is 3.87. The first kappa shape index (κ1) is 10.9. The van der Waals surface area contributed by atoms with Gasteiger partial charge in [0.2, 0.25) is 0 Å². The lowest BCUT2D eigenvalue weighted by Crippen LogP contribution is -2.28. The lowest BCUT2D eigenvalue weighted by Gasteiger charge is -2.21. The molecular weight excluding hydrogens is 208 g/mol. The summed E-state index contributed by atoms with van der Waals surface area (Å²) in [7, 11) is 0. The number of aromatic nitrogens is 1. The number of nitrogens with zero attached hydrogens (tertiary/aromatic N) is 2. The molecule has 0 saturated carbocycles. The molecule has 0 aromatic carbocycles. The summed E-state index contributed by atoms with van der Waals surface area (Å²) in [5.74, 6) is 0. The molecule has 0 spiro atoms. The molecule has 1 aliphatic rings. The average molecular weight is 222 g/mol. The molecule has 1 aromatic rings. The Morgan fingerprint density at radius 1 is 1.56 bits per heavy atom. The van der Waals surface area contributed by atoms with E-state index in [0.717, 1.165) is 18.4 Å². The van der Waals surface area contributed by atoms with Crippen molar-refractivity contribution in [1.29, 1.82) is 0 Å². The Hall–Kier alpha value is -1.62. The predicted octanol–water partition coefficient (Wildman–Crippen LogP) is 1.39. The molecule has 5 nitrogen and oxygen atoms in total. The highest BCUT2D eigenvalue weighted by atomic mass is 16.4. The number of pyridine rings is 1. The summed E-state index contributed by atoms with van der Waals surface area (Å²) in [5.41, 5.74) is 1.50. The maximum Gasteiger partial charge on any atom is 0.407 e. The quantitative estimate of drug-likeness (QED) is 0.793. The van der Waals surface area contributed by atoms with Crippen LogP contribution in [0.1, 0.15) is 30.1 Å². The van der Waals surface area contributed by atoms with E-state index in [9.17, 15) is 4.79 Å². The summed E-state index contributed by atoms with van der Waals surface area (Å²) < 4.78 is 0. The van der Waals surface area contributed by atoms with Gasteiger partial charge < -0.3 is 15.1 Å². The molecule has 2 heterocycles. The van der Waals surface area contributed by atoms with Gasteiger partial charge in [0.05, 0.1) is 18.3 Å². The van der Waals surface area contributed by atoms with E-state index in [0.29, 0.717) is 12.2 Å². The van der Waals surface area contributed by atoms with Crippen molar-refractivity contribution in [3.8, 4) is 0 Å². The Kier molecular flexibility index (Phi) is 3.05. The molecule has 1 amide bonds. The van der Waals surface area contributed by atoms with E-state index < -0.39 is 6.09 Å². The van der Waals surface area contributed by atoms with Crippen LogP contribution in [0.4, 0.5) is 4.79 Å². The summed E-state index contributed by atoms with van der Waals surface area (Å²) in [6, 6.07) is 3.48. The van der Waals surface area contributed by atoms with Crippen LogP contribution in [0.3, 0.4) is 0 Å². The number of rotatable bonds is 2. The van der Waals surface area contributed by atoms with Crippen LogP contribution in [0, 0.1) is 0 Å². The molecule has 16 heavy (non-hydrogen) atoms. The minimum atomic E-state index is -0.881. The Morgan fingerprint density at radius 3 is 2.94 bits per heavy atom. The van der Waals surface area contributed by atoms with Gasteiger partial charge in [-0.3, -0.25) is 4.98 Å². The first-order valence-electron chi connectivity index (χ1n) is 5.27. The first-order valence-corrected chi connectivity index (χ1v) is 5.27. The van der Waals surface area contributed by atoms with Crippen molar-refractivity contribution in [3.63, 3.8) is 0 Å². The number of carboxylic acid groups (broad SMARTS) is 1. The lowest BCUT2D eigenvalue weighted by atomic mass is 10.1. The minimum absolute atomic E-state index is 0.0854. The van der Waals surface area contributed by atoms with E-state index in [1.54, 1.807) is 12.3 Å². The highest BCUT2D eigenvalue weighted by molar-refractivity contribution is 5.66. The van der Waals surface area contributed by atoms with Gasteiger partial charge in [0.25, 0.3) is 0 Å². The third kappa shape index (κ3) is 1.99. The normalized spacial score (nSPS) is 20.1. The number of hydrogen-bond donors (Lipinski definition) is 2. The molecule has 0 aliphatic carbocycles. The second-order valence-corrected chi connectivity index (χ2v) is 3.87. The number of amides is 1. The van der Waals surface area contributed by atoms with Gasteiger partial charge in [-0.2, -0.15) is 0 Å². The fourth-order valence-electron chi connectivity index (χ4n) is 2.07. The molecule has 1 aromatic heterocycles. The molecule has 1 atom stereocenters. The molecular formula is C11H14N2O3. The van der Waals surface area contributed by atoms with Gasteiger partial charge in [0.15, 0.2) is 0 Å². The number of hydrogen-bond acceptors (Lipinski definition) is 3. The molecule has 0 radical (unpaired) electrons. The van der Waals surface area contributed by atoms with Gasteiger partial charge in [-0.05, 0) is 24.5 Å². The Balaban J connectivity index is 2.19. The van der Waals surface area contributed by atoms with Gasteiger partial charge in [-0.15, -0.1) is 0 Å². The maximum atomic E-state index is 11.0. The van der Waals surface area contributed by atoms with Crippen molar-refractivity contribution in [2.45, 2.75) is 25.5 Å². The zero-order chi connectivity index (χ0) is 11.5. The monoisotopic (exact) mass is 222 g/mol. The molecule has 2 rings (SSSR count). The van der Waals surface area contributed by atoms with Crippen LogP contribution >= 0.6 is 0 Å². The van der Waals surface area contributed by atoms with Crippen LogP contribution in [0.5, 0.6) is 0 Å². The van der Waals surface area contributed by atoms with Crippen LogP contribution < -0.4 is 0 Å². The van der Waals surface area contributed by atoms with Crippen LogP contribution in [0.25, 0.3) is 0 Å². The van der Waals surface area contributed by atoms with Gasteiger partial charge >= 0.3 is 6.09 Å². The van der Waals surface area contributed by atoms with E-state index >= 15 is 0 Å². The van der Waals surface area contributed by atoms with Crippen LogP contribution in [-0.4, -0.2) is 32.7 Å². The van der Waals surface area contributed by atoms with Gasteiger partial charge in [0, 0.05) is 12.7 Å². The summed E-state index contributed by atoms with van der Waals surface area (Å²) in [5, 5.41) is 17.9. The maximum absolute atomic E-state index is 11.0. The summed E-state index contributed by atoms with van der Waals surface area (Å²) >= 11 is 0. The largest absolute Gasteiger partial charge is 0.465 e. The van der Waals surface area contributed by atoms with E-state index in [4.69, 9.17) is 10.2 Å². The first-order chi connectivity index (χ1) is 7.72. The van der Waals surface area contributed by atoms with Crippen molar-refractivity contribution in [3.05, 3.63) is 29.6 Å². The number of aliphatic hydroxyl groups excluding tert-OH is 1. The third-order valence-electron chi connectivity index (χ3n) is 2.89. The fraction of sp³-hybridized carbons (Fsp3) is 0.455. The van der Waals surface area contributed by atoms with Crippen molar-refractivity contribution in [2.75, 3.05) is 6.54 Å². The van der Waals surface area contributed by atoms with Crippen molar-refractivity contribution in [1.82, 2.24) is 9.88 Å². The van der Waals surface area contributed by atoms with Gasteiger partial charge in [-0.1, -0.05) is 6.07 Å². The molecule has 5 heteroatoms. The lowest BCUT2D eigenvalue weighted by molar-refractivity contribution is 0.140. The standard InChI is InChI=1S/C11H14N2O3/c14-7-9-4-3-8(6-12-9)10-2-1-5-13(10)11(15)16/h3-4,6,10,14H,1-2,5,7H2,(H,15,16). The average Bonchev–Trinajstić information content (AvgIpc) is 2.78. The van der Waals surface area contributed by atoms with E-state index in [1.165, 1.54) is 4.90 Å². The smallest absolute Gasteiger partial charge is 0.407 e. The van der Waals surface area contributed by atoms with E-state index in [2.05, 4.69) is 4.98 Å². The Bertz CT molecular complexity index is 377. The SMILES string of the molecule is O=C(O)N1CCCC1c1ccc(CO)nc1. The van der Waals surface area contributed by atoms with Crippen LogP contribution in [0.15, 0.2) is 18.3 Å². The molecule has 1 aliphatic heterocycles. The van der Waals surface area contributed by atoms with E-state index in [-0.39, 0.29) is 12.6 Å². The van der Waals surface area contributed by atoms with Crippen LogP contribution in [-0.2, 0) is 6.61 Å². The van der Waals surface area contributed by atoms with E-state index in [1.807, 2.05) is 6.07 Å². The molecule has 1 saturated heterocycles. The number of carbonyl (C=O) groups is 1. The topological polar surface area (TPSA) is 73.7 Å². The molecule has 1 fully saturated rings. The number of aliphatic hydroxyl groups is 1. The summed E-state index contributed by atoms with van der Waals surface area (Å²) in [6.45, 7) is 0.495. The molecule has 1 unspecified atom stereocenters. The minimum Gasteiger partial charge on any atom is -0.465 e. The summed E-state index contributed by atoms with van der Waals surface area (Å²) in [4.78, 5) is 16.5. The second kappa shape index (κ2) is 4.49. The van der Waals surface area contributed by atoms with Crippen molar-refractivity contribution >= 4 is 6.09 Å². The number of likely N-dealkylation sites (tertiary alicyclic amines) is 1. The highest BCUT2D eigenvalue weighted by Gasteiger charge is 2.29. The third-order valence-corrected chi connectivity index (χ3v) is 2.89. The van der Waals surface area contributed by atoms with Crippen molar-refractivity contribution < 1.29 is 15.0 Å². The van der Waals surface area contributed by atoms with Gasteiger partial charge in [0.1, 0.15) is 0 Å². The Morgan fingerprint density at radius 2 is 2.38 bits per heavy atom. The predicted molar refractivity (Wildman–Crippen MR) is 56.9 cm³/mol. The Labute approximate surface area is 93.3 Å². The van der Waals surface area contributed by atoms with Gasteiger partial charge in [-0.25, -0.2) is 4.79 Å². The molecule has 86 valence electrons. The van der Waals surface area contributed by atoms with Crippen molar-refractivity contribution in [2.24, 2.45) is 0 Å². The summed E-state index contributed by atoms with van der Waals surface area (Å²) in [6.07, 6.45) is 2.50. The highest BCUT2D eigenvalue weighted by Crippen LogP contribution is 2.31. The van der Waals surface area contributed by atoms with Crippen LogP contribution in [0.2, 0.25) is 0 Å². The molecule has 2 N–H and O–H groups in total.